The van der Waals surface area contributed by atoms with Crippen LogP contribution in [0.4, 0.5) is 5.69 Å². The van der Waals surface area contributed by atoms with E-state index in [0.29, 0.717) is 29.3 Å². The van der Waals surface area contributed by atoms with Gasteiger partial charge in [0.15, 0.2) is 0 Å². The Balaban J connectivity index is 1.71. The third-order valence-electron chi connectivity index (χ3n) is 3.93. The molecule has 3 aromatic carbocycles. The van der Waals surface area contributed by atoms with Crippen molar-refractivity contribution in [2.24, 2.45) is 0 Å². The molecule has 0 saturated heterocycles. The highest BCUT2D eigenvalue weighted by atomic mass is 16.5. The summed E-state index contributed by atoms with van der Waals surface area (Å²) in [5.41, 5.74) is 7.97. The Hall–Kier alpha value is -3.47. The van der Waals surface area contributed by atoms with Crippen molar-refractivity contribution in [3.05, 3.63) is 83.9 Å². The normalized spacial score (nSPS) is 10.3. The molecule has 0 saturated carbocycles. The Morgan fingerprint density at radius 2 is 1.73 bits per heavy atom. The summed E-state index contributed by atoms with van der Waals surface area (Å²) in [6.07, 6.45) is 0. The van der Waals surface area contributed by atoms with Crippen molar-refractivity contribution in [2.75, 3.05) is 12.8 Å². The number of amides is 1. The fraction of sp³-hybridized carbons (Fsp3) is 0.0952. The minimum atomic E-state index is -0.114. The van der Waals surface area contributed by atoms with E-state index in [1.807, 2.05) is 30.3 Å². The molecule has 5 nitrogen and oxygen atoms in total. The monoisotopic (exact) mass is 348 g/mol. The molecule has 1 amide bonds. The van der Waals surface area contributed by atoms with Crippen LogP contribution in [0.5, 0.6) is 17.2 Å². The predicted octanol–water partition coefficient (Wildman–Crippen LogP) is 4.04. The summed E-state index contributed by atoms with van der Waals surface area (Å²) < 4.78 is 5.69. The summed E-state index contributed by atoms with van der Waals surface area (Å²) in [4.78, 5) is 14.3. The fourth-order valence-corrected chi connectivity index (χ4v) is 2.57. The minimum Gasteiger partial charge on any atom is -0.508 e. The van der Waals surface area contributed by atoms with Crippen molar-refractivity contribution in [3.8, 4) is 17.2 Å². The lowest BCUT2D eigenvalue weighted by Gasteiger charge is -2.18. The highest BCUT2D eigenvalue weighted by molar-refractivity contribution is 5.95. The van der Waals surface area contributed by atoms with Crippen molar-refractivity contribution in [3.63, 3.8) is 0 Å². The third kappa shape index (κ3) is 4.13. The van der Waals surface area contributed by atoms with Crippen LogP contribution in [0.2, 0.25) is 0 Å². The number of phenolic OH excluding ortho intramolecular Hbond substituents is 1. The molecule has 26 heavy (non-hydrogen) atoms. The summed E-state index contributed by atoms with van der Waals surface area (Å²) in [5, 5.41) is 9.31. The van der Waals surface area contributed by atoms with Crippen LogP contribution in [-0.4, -0.2) is 23.0 Å². The van der Waals surface area contributed by atoms with Gasteiger partial charge in [0.05, 0.1) is 5.69 Å². The number of carbonyl (C=O) groups excluding carboxylic acids is 1. The average Bonchev–Trinajstić information content (AvgIpc) is 2.65. The number of rotatable bonds is 5. The summed E-state index contributed by atoms with van der Waals surface area (Å²) in [6.45, 7) is 0.519. The Morgan fingerprint density at radius 1 is 1.04 bits per heavy atom. The van der Waals surface area contributed by atoms with E-state index in [9.17, 15) is 9.90 Å². The van der Waals surface area contributed by atoms with E-state index >= 15 is 0 Å². The first-order valence-corrected chi connectivity index (χ1v) is 8.19. The highest BCUT2D eigenvalue weighted by Crippen LogP contribution is 2.29. The number of ether oxygens (including phenoxy) is 1. The molecule has 0 aliphatic carbocycles. The third-order valence-corrected chi connectivity index (χ3v) is 3.93. The van der Waals surface area contributed by atoms with Crippen LogP contribution in [-0.2, 0) is 6.54 Å². The minimum absolute atomic E-state index is 0.114. The van der Waals surface area contributed by atoms with E-state index < -0.39 is 0 Å². The van der Waals surface area contributed by atoms with E-state index in [-0.39, 0.29) is 11.7 Å². The molecule has 0 unspecified atom stereocenters. The maximum absolute atomic E-state index is 12.6. The van der Waals surface area contributed by atoms with Crippen LogP contribution in [0, 0.1) is 0 Å². The van der Waals surface area contributed by atoms with Crippen molar-refractivity contribution in [1.82, 2.24) is 4.90 Å². The van der Waals surface area contributed by atoms with Gasteiger partial charge in [-0.3, -0.25) is 4.79 Å². The number of nitrogen functional groups attached to an aromatic ring is 1. The number of hydrogen-bond acceptors (Lipinski definition) is 4. The second-order valence-electron chi connectivity index (χ2n) is 6.00. The molecule has 0 atom stereocenters. The van der Waals surface area contributed by atoms with Gasteiger partial charge in [0.2, 0.25) is 0 Å². The largest absolute Gasteiger partial charge is 0.508 e. The Kier molecular flexibility index (Phi) is 5.08. The number of nitrogens with zero attached hydrogens (tertiary/aromatic N) is 1. The van der Waals surface area contributed by atoms with E-state index in [1.165, 1.54) is 12.1 Å². The number of carbonyl (C=O) groups is 1. The molecule has 3 rings (SSSR count). The molecule has 3 N–H and O–H groups in total. The lowest BCUT2D eigenvalue weighted by atomic mass is 10.1. The van der Waals surface area contributed by atoms with Crippen LogP contribution in [0.25, 0.3) is 0 Å². The van der Waals surface area contributed by atoms with Gasteiger partial charge in [-0.05, 0) is 48.0 Å². The van der Waals surface area contributed by atoms with Gasteiger partial charge < -0.3 is 20.5 Å². The van der Waals surface area contributed by atoms with Crippen LogP contribution in [0.3, 0.4) is 0 Å². The molecule has 132 valence electrons. The number of benzene rings is 3. The molecule has 0 aliphatic heterocycles. The summed E-state index contributed by atoms with van der Waals surface area (Å²) >= 11 is 0. The van der Waals surface area contributed by atoms with Gasteiger partial charge in [0.25, 0.3) is 5.91 Å². The van der Waals surface area contributed by atoms with Gasteiger partial charge in [0, 0.05) is 19.2 Å². The summed E-state index contributed by atoms with van der Waals surface area (Å²) in [6, 6.07) is 21.1. The van der Waals surface area contributed by atoms with Crippen molar-refractivity contribution in [2.45, 2.75) is 6.54 Å². The zero-order valence-corrected chi connectivity index (χ0v) is 14.4. The van der Waals surface area contributed by atoms with Gasteiger partial charge in [-0.1, -0.05) is 30.3 Å². The number of hydrogen-bond donors (Lipinski definition) is 2. The molecule has 0 radical (unpaired) electrons. The second-order valence-corrected chi connectivity index (χ2v) is 6.00. The van der Waals surface area contributed by atoms with E-state index in [4.69, 9.17) is 10.5 Å². The first kappa shape index (κ1) is 17.4. The molecule has 0 aliphatic rings. The zero-order chi connectivity index (χ0) is 18.5. The smallest absolute Gasteiger partial charge is 0.253 e. The second kappa shape index (κ2) is 7.61. The van der Waals surface area contributed by atoms with Crippen LogP contribution in [0.1, 0.15) is 15.9 Å². The molecular formula is C21H20N2O3. The lowest BCUT2D eigenvalue weighted by Crippen LogP contribution is -2.26. The molecule has 0 aromatic heterocycles. The number of aromatic hydroxyl groups is 1. The van der Waals surface area contributed by atoms with Crippen molar-refractivity contribution in [1.29, 1.82) is 0 Å². The molecule has 0 spiro atoms. The predicted molar refractivity (Wildman–Crippen MR) is 101 cm³/mol. The van der Waals surface area contributed by atoms with Crippen LogP contribution in [0.15, 0.2) is 72.8 Å². The van der Waals surface area contributed by atoms with Gasteiger partial charge in [-0.2, -0.15) is 0 Å². The molecular weight excluding hydrogens is 328 g/mol. The first-order chi connectivity index (χ1) is 12.5. The molecule has 0 bridgehead atoms. The lowest BCUT2D eigenvalue weighted by molar-refractivity contribution is 0.0785. The quantitative estimate of drug-likeness (QED) is 0.682. The average molecular weight is 348 g/mol. The zero-order valence-electron chi connectivity index (χ0n) is 14.4. The summed E-state index contributed by atoms with van der Waals surface area (Å²) in [5.74, 6) is 1.05. The van der Waals surface area contributed by atoms with Crippen LogP contribution >= 0.6 is 0 Å². The van der Waals surface area contributed by atoms with E-state index in [1.54, 1.807) is 42.3 Å². The van der Waals surface area contributed by atoms with E-state index in [0.717, 1.165) is 5.56 Å². The van der Waals surface area contributed by atoms with Crippen molar-refractivity contribution >= 4 is 11.6 Å². The van der Waals surface area contributed by atoms with Gasteiger partial charge in [0.1, 0.15) is 17.2 Å². The summed E-state index contributed by atoms with van der Waals surface area (Å²) in [7, 11) is 1.76. The number of nitrogens with two attached hydrogens (primary N) is 1. The van der Waals surface area contributed by atoms with Gasteiger partial charge in [-0.25, -0.2) is 0 Å². The number of phenols is 1. The molecule has 3 aromatic rings. The molecule has 5 heteroatoms. The van der Waals surface area contributed by atoms with Crippen LogP contribution < -0.4 is 10.5 Å². The Labute approximate surface area is 152 Å². The topological polar surface area (TPSA) is 75.8 Å². The standard InChI is InChI=1S/C21H20N2O3/c1-23(14-15-5-3-2-4-6-15)21(25)16-7-12-20(19(22)13-16)26-18-10-8-17(24)9-11-18/h2-13,24H,14,22H2,1H3. The first-order valence-electron chi connectivity index (χ1n) is 8.19. The van der Waals surface area contributed by atoms with Gasteiger partial charge >= 0.3 is 0 Å². The number of anilines is 1. The molecule has 0 fully saturated rings. The maximum Gasteiger partial charge on any atom is 0.253 e. The highest BCUT2D eigenvalue weighted by Gasteiger charge is 2.14. The Morgan fingerprint density at radius 3 is 2.38 bits per heavy atom. The fourth-order valence-electron chi connectivity index (χ4n) is 2.57. The van der Waals surface area contributed by atoms with E-state index in [2.05, 4.69) is 0 Å². The van der Waals surface area contributed by atoms with Gasteiger partial charge in [-0.15, -0.1) is 0 Å². The maximum atomic E-state index is 12.6. The Bertz CT molecular complexity index is 893. The SMILES string of the molecule is CN(Cc1ccccc1)C(=O)c1ccc(Oc2ccc(O)cc2)c(N)c1. The molecule has 0 heterocycles. The van der Waals surface area contributed by atoms with Crippen molar-refractivity contribution < 1.29 is 14.6 Å².